The van der Waals surface area contributed by atoms with Crippen molar-refractivity contribution >= 4 is 0 Å². The quantitative estimate of drug-likeness (QED) is 0.528. The molecule has 14 heavy (non-hydrogen) atoms. The number of aromatic amines is 1. The van der Waals surface area contributed by atoms with Crippen molar-refractivity contribution in [3.05, 3.63) is 18.2 Å². The number of nitrogens with one attached hydrogen (secondary N) is 1. The maximum Gasteiger partial charge on any atom is 0.0921 e. The number of rotatable bonds is 7. The minimum Gasteiger partial charge on any atom is -0.381 e. The molecule has 0 aromatic carbocycles. The molecule has 0 radical (unpaired) electrons. The molecule has 0 spiro atoms. The monoisotopic (exact) mass is 192 g/mol. The van der Waals surface area contributed by atoms with Gasteiger partial charge in [0.2, 0.25) is 0 Å². The Morgan fingerprint density at radius 2 is 2.29 bits per heavy atom. The predicted molar refractivity (Wildman–Crippen MR) is 55.8 cm³/mol. The van der Waals surface area contributed by atoms with Gasteiger partial charge in [-0.3, -0.25) is 0 Å². The van der Waals surface area contributed by atoms with Crippen molar-refractivity contribution in [2.75, 3.05) is 13.2 Å². The third-order valence-electron chi connectivity index (χ3n) is 1.90. The van der Waals surface area contributed by atoms with Crippen molar-refractivity contribution < 1.29 is 4.74 Å². The molecule has 0 saturated heterocycles. The third-order valence-corrected chi connectivity index (χ3v) is 1.90. The molecule has 1 heterocycles. The zero-order valence-electron chi connectivity index (χ0n) is 8.33. The van der Waals surface area contributed by atoms with Gasteiger partial charge in [0.25, 0.3) is 0 Å². The summed E-state index contributed by atoms with van der Waals surface area (Å²) >= 11 is 0. The molecule has 1 aromatic rings. The first-order chi connectivity index (χ1) is 6.93. The van der Waals surface area contributed by atoms with Gasteiger partial charge in [-0.15, -0.1) is 12.3 Å². The van der Waals surface area contributed by atoms with Crippen LogP contribution in [0, 0.1) is 12.3 Å². The van der Waals surface area contributed by atoms with Crippen molar-refractivity contribution in [1.82, 2.24) is 9.97 Å². The summed E-state index contributed by atoms with van der Waals surface area (Å²) in [6.07, 6.45) is 12.4. The van der Waals surface area contributed by atoms with Gasteiger partial charge in [0, 0.05) is 31.5 Å². The average molecular weight is 192 g/mol. The Bertz CT molecular complexity index is 261. The molecule has 1 aromatic heterocycles. The van der Waals surface area contributed by atoms with E-state index in [4.69, 9.17) is 11.2 Å². The number of imidazole rings is 1. The van der Waals surface area contributed by atoms with E-state index in [1.54, 1.807) is 6.33 Å². The second-order valence-electron chi connectivity index (χ2n) is 3.10. The highest BCUT2D eigenvalue weighted by Crippen LogP contribution is 1.97. The van der Waals surface area contributed by atoms with Crippen LogP contribution in [0.1, 0.15) is 25.0 Å². The zero-order valence-corrected chi connectivity index (χ0v) is 8.33. The molecule has 1 rings (SSSR count). The van der Waals surface area contributed by atoms with E-state index in [0.29, 0.717) is 0 Å². The normalized spacial score (nSPS) is 9.93. The number of aromatic nitrogens is 2. The summed E-state index contributed by atoms with van der Waals surface area (Å²) in [5.74, 6) is 2.59. The fraction of sp³-hybridized carbons (Fsp3) is 0.545. The summed E-state index contributed by atoms with van der Waals surface area (Å²) in [5.41, 5.74) is 1.16. The summed E-state index contributed by atoms with van der Waals surface area (Å²) in [6.45, 7) is 1.57. The van der Waals surface area contributed by atoms with Crippen molar-refractivity contribution in [3.8, 4) is 12.3 Å². The first-order valence-electron chi connectivity index (χ1n) is 4.92. The van der Waals surface area contributed by atoms with Crippen LogP contribution in [-0.2, 0) is 11.2 Å². The van der Waals surface area contributed by atoms with Crippen LogP contribution in [0.5, 0.6) is 0 Å². The molecular weight excluding hydrogens is 176 g/mol. The Morgan fingerprint density at radius 1 is 1.43 bits per heavy atom. The lowest BCUT2D eigenvalue weighted by molar-refractivity contribution is 0.130. The van der Waals surface area contributed by atoms with Crippen LogP contribution in [0.2, 0.25) is 0 Å². The number of hydrogen-bond acceptors (Lipinski definition) is 2. The lowest BCUT2D eigenvalue weighted by atomic mass is 10.2. The molecule has 0 amide bonds. The molecule has 0 atom stereocenters. The van der Waals surface area contributed by atoms with Gasteiger partial charge in [0.1, 0.15) is 0 Å². The molecule has 0 aliphatic rings. The van der Waals surface area contributed by atoms with E-state index in [0.717, 1.165) is 44.6 Å². The van der Waals surface area contributed by atoms with Crippen LogP contribution in [0.4, 0.5) is 0 Å². The van der Waals surface area contributed by atoms with Gasteiger partial charge in [0.05, 0.1) is 6.33 Å². The van der Waals surface area contributed by atoms with E-state index < -0.39 is 0 Å². The summed E-state index contributed by atoms with van der Waals surface area (Å²) < 4.78 is 5.40. The standard InChI is InChI=1S/C11H16N2O/c1-2-3-4-7-14-8-5-6-11-9-12-10-13-11/h1,9-10H,3-8H2,(H,12,13). The SMILES string of the molecule is C#CCCCOCCCc1cnc[nH]1. The van der Waals surface area contributed by atoms with Gasteiger partial charge in [-0.25, -0.2) is 4.98 Å². The van der Waals surface area contributed by atoms with E-state index in [1.165, 1.54) is 0 Å². The lowest BCUT2D eigenvalue weighted by Crippen LogP contribution is -1.98. The maximum atomic E-state index is 5.40. The molecule has 0 saturated carbocycles. The molecule has 3 nitrogen and oxygen atoms in total. The van der Waals surface area contributed by atoms with Crippen LogP contribution < -0.4 is 0 Å². The molecule has 0 unspecified atom stereocenters. The summed E-state index contributed by atoms with van der Waals surface area (Å²) in [6, 6.07) is 0. The Balaban J connectivity index is 1.88. The highest BCUT2D eigenvalue weighted by atomic mass is 16.5. The van der Waals surface area contributed by atoms with Gasteiger partial charge in [-0.05, 0) is 19.3 Å². The number of nitrogens with zero attached hydrogens (tertiary/aromatic N) is 1. The Morgan fingerprint density at radius 3 is 3.00 bits per heavy atom. The van der Waals surface area contributed by atoms with Gasteiger partial charge in [-0.1, -0.05) is 0 Å². The number of ether oxygens (including phenoxy) is 1. The summed E-state index contributed by atoms with van der Waals surface area (Å²) in [7, 11) is 0. The number of unbranched alkanes of at least 4 members (excludes halogenated alkanes) is 1. The molecule has 1 N–H and O–H groups in total. The van der Waals surface area contributed by atoms with Crippen LogP contribution in [0.25, 0.3) is 0 Å². The van der Waals surface area contributed by atoms with Gasteiger partial charge in [-0.2, -0.15) is 0 Å². The predicted octanol–water partition coefficient (Wildman–Crippen LogP) is 1.77. The van der Waals surface area contributed by atoms with Gasteiger partial charge in [0.15, 0.2) is 0 Å². The van der Waals surface area contributed by atoms with E-state index >= 15 is 0 Å². The van der Waals surface area contributed by atoms with Crippen LogP contribution in [0.15, 0.2) is 12.5 Å². The van der Waals surface area contributed by atoms with Crippen molar-refractivity contribution in [1.29, 1.82) is 0 Å². The van der Waals surface area contributed by atoms with Gasteiger partial charge >= 0.3 is 0 Å². The topological polar surface area (TPSA) is 37.9 Å². The second kappa shape index (κ2) is 7.16. The number of hydrogen-bond donors (Lipinski definition) is 1. The third kappa shape index (κ3) is 4.68. The zero-order chi connectivity index (χ0) is 10.1. The van der Waals surface area contributed by atoms with E-state index in [-0.39, 0.29) is 0 Å². The highest BCUT2D eigenvalue weighted by Gasteiger charge is 1.93. The van der Waals surface area contributed by atoms with Gasteiger partial charge < -0.3 is 9.72 Å². The molecule has 3 heteroatoms. The van der Waals surface area contributed by atoms with E-state index in [9.17, 15) is 0 Å². The van der Waals surface area contributed by atoms with Crippen LogP contribution >= 0.6 is 0 Å². The van der Waals surface area contributed by atoms with Crippen LogP contribution in [-0.4, -0.2) is 23.2 Å². The minimum atomic E-state index is 0.771. The first kappa shape index (κ1) is 10.8. The van der Waals surface area contributed by atoms with Crippen molar-refractivity contribution in [2.45, 2.75) is 25.7 Å². The van der Waals surface area contributed by atoms with Crippen molar-refractivity contribution in [3.63, 3.8) is 0 Å². The average Bonchev–Trinajstić information content (AvgIpc) is 2.69. The van der Waals surface area contributed by atoms with Crippen molar-refractivity contribution in [2.24, 2.45) is 0 Å². The van der Waals surface area contributed by atoms with E-state index in [1.807, 2.05) is 6.20 Å². The fourth-order valence-corrected chi connectivity index (χ4v) is 1.16. The summed E-state index contributed by atoms with van der Waals surface area (Å²) in [5, 5.41) is 0. The molecule has 0 fully saturated rings. The van der Waals surface area contributed by atoms with E-state index in [2.05, 4.69) is 15.9 Å². The van der Waals surface area contributed by atoms with Crippen LogP contribution in [0.3, 0.4) is 0 Å². The molecule has 0 aliphatic carbocycles. The maximum absolute atomic E-state index is 5.40. The number of terminal acetylenes is 1. The summed E-state index contributed by atoms with van der Waals surface area (Å²) in [4.78, 5) is 7.00. The smallest absolute Gasteiger partial charge is 0.0921 e. The fourth-order valence-electron chi connectivity index (χ4n) is 1.16. The Hall–Kier alpha value is -1.27. The molecule has 76 valence electrons. The Labute approximate surface area is 84.9 Å². The first-order valence-corrected chi connectivity index (χ1v) is 4.92. The number of H-pyrrole nitrogens is 1. The molecule has 0 aliphatic heterocycles. The lowest BCUT2D eigenvalue weighted by Gasteiger charge is -2.01. The largest absolute Gasteiger partial charge is 0.381 e. The minimum absolute atomic E-state index is 0.771. The molecular formula is C11H16N2O. The second-order valence-corrected chi connectivity index (χ2v) is 3.10. The number of aryl methyl sites for hydroxylation is 1. The highest BCUT2D eigenvalue weighted by molar-refractivity contribution is 4.93. The molecule has 0 bridgehead atoms. The Kier molecular flexibility index (Phi) is 5.53.